The Labute approximate surface area is 189 Å². The Balaban J connectivity index is 1.60. The molecule has 0 radical (unpaired) electrons. The minimum absolute atomic E-state index is 0.169. The van der Waals surface area contributed by atoms with E-state index in [1.54, 1.807) is 18.2 Å². The van der Waals surface area contributed by atoms with E-state index in [2.05, 4.69) is 28.5 Å². The number of nitrogens with zero attached hydrogens (tertiary/aromatic N) is 3. The van der Waals surface area contributed by atoms with Crippen LogP contribution in [0.25, 0.3) is 0 Å². The highest BCUT2D eigenvalue weighted by molar-refractivity contribution is 7.99. The van der Waals surface area contributed by atoms with Gasteiger partial charge < -0.3 is 14.6 Å². The van der Waals surface area contributed by atoms with Gasteiger partial charge in [0.15, 0.2) is 11.0 Å². The summed E-state index contributed by atoms with van der Waals surface area (Å²) in [6, 6.07) is 10.9. The zero-order valence-electron chi connectivity index (χ0n) is 16.9. The predicted octanol–water partition coefficient (Wildman–Crippen LogP) is 5.53. The highest BCUT2D eigenvalue weighted by Crippen LogP contribution is 2.26. The molecule has 0 bridgehead atoms. The molecule has 2 aromatic carbocycles. The fourth-order valence-corrected chi connectivity index (χ4v) is 3.89. The lowest BCUT2D eigenvalue weighted by atomic mass is 10.1. The normalized spacial score (nSPS) is 10.8. The van der Waals surface area contributed by atoms with Crippen molar-refractivity contribution in [1.82, 2.24) is 14.8 Å². The van der Waals surface area contributed by atoms with Crippen molar-refractivity contribution in [2.75, 3.05) is 11.1 Å². The van der Waals surface area contributed by atoms with Crippen LogP contribution in [0.1, 0.15) is 23.9 Å². The zero-order valence-corrected chi connectivity index (χ0v) is 19.2. The van der Waals surface area contributed by atoms with Crippen LogP contribution < -0.4 is 10.1 Å². The number of anilines is 1. The molecule has 0 unspecified atom stereocenters. The van der Waals surface area contributed by atoms with Crippen molar-refractivity contribution >= 4 is 46.6 Å². The van der Waals surface area contributed by atoms with Crippen LogP contribution in [0.3, 0.4) is 0 Å². The van der Waals surface area contributed by atoms with Crippen molar-refractivity contribution in [2.24, 2.45) is 0 Å². The number of amides is 1. The Morgan fingerprint density at radius 3 is 2.70 bits per heavy atom. The molecule has 3 aromatic rings. The van der Waals surface area contributed by atoms with Gasteiger partial charge in [0.25, 0.3) is 0 Å². The number of ether oxygens (including phenoxy) is 1. The van der Waals surface area contributed by atoms with E-state index in [0.29, 0.717) is 39.9 Å². The third kappa shape index (κ3) is 5.47. The van der Waals surface area contributed by atoms with E-state index in [1.807, 2.05) is 30.5 Å². The maximum absolute atomic E-state index is 12.3. The van der Waals surface area contributed by atoms with Gasteiger partial charge in [-0.3, -0.25) is 4.79 Å². The van der Waals surface area contributed by atoms with Gasteiger partial charge in [-0.1, -0.05) is 47.1 Å². The second-order valence-corrected chi connectivity index (χ2v) is 8.35. The highest BCUT2D eigenvalue weighted by atomic mass is 35.5. The lowest BCUT2D eigenvalue weighted by Gasteiger charge is -2.11. The Kier molecular flexibility index (Phi) is 7.64. The quantitative estimate of drug-likeness (QED) is 0.443. The van der Waals surface area contributed by atoms with Crippen molar-refractivity contribution in [2.45, 2.75) is 39.1 Å². The van der Waals surface area contributed by atoms with Crippen LogP contribution in [0.15, 0.2) is 41.6 Å². The fourth-order valence-electron chi connectivity index (χ4n) is 2.77. The molecule has 0 saturated heterocycles. The maximum Gasteiger partial charge on any atom is 0.234 e. The number of hydrogen-bond donors (Lipinski definition) is 1. The van der Waals surface area contributed by atoms with Gasteiger partial charge >= 0.3 is 0 Å². The standard InChI is InChI=1S/C21H22Cl2N4O2S/c1-4-27-19(11-29-18-7-5-6-13(2)14(18)3)25-26-21(27)30-12-20(28)24-15-8-9-16(22)17(23)10-15/h5-10H,4,11-12H2,1-3H3,(H,24,28). The average Bonchev–Trinajstić information content (AvgIpc) is 3.12. The first-order valence-corrected chi connectivity index (χ1v) is 11.1. The van der Waals surface area contributed by atoms with E-state index >= 15 is 0 Å². The largest absolute Gasteiger partial charge is 0.485 e. The highest BCUT2D eigenvalue weighted by Gasteiger charge is 2.14. The molecular formula is C21H22Cl2N4O2S. The summed E-state index contributed by atoms with van der Waals surface area (Å²) in [5, 5.41) is 12.8. The third-order valence-electron chi connectivity index (χ3n) is 4.56. The summed E-state index contributed by atoms with van der Waals surface area (Å²) < 4.78 is 7.90. The van der Waals surface area contributed by atoms with Gasteiger partial charge in [0, 0.05) is 12.2 Å². The Morgan fingerprint density at radius 1 is 1.17 bits per heavy atom. The summed E-state index contributed by atoms with van der Waals surface area (Å²) >= 11 is 13.2. The number of hydrogen-bond acceptors (Lipinski definition) is 5. The maximum atomic E-state index is 12.3. The van der Waals surface area contributed by atoms with Gasteiger partial charge in [0.2, 0.25) is 5.91 Å². The molecular weight excluding hydrogens is 443 g/mol. The molecule has 1 N–H and O–H groups in total. The summed E-state index contributed by atoms with van der Waals surface area (Å²) in [6.45, 7) is 7.07. The summed E-state index contributed by atoms with van der Waals surface area (Å²) in [6.07, 6.45) is 0. The SMILES string of the molecule is CCn1c(COc2cccc(C)c2C)nnc1SCC(=O)Nc1ccc(Cl)c(Cl)c1. The molecule has 1 heterocycles. The molecule has 158 valence electrons. The first-order chi connectivity index (χ1) is 14.4. The topological polar surface area (TPSA) is 69.0 Å². The molecule has 0 aliphatic heterocycles. The number of aromatic nitrogens is 3. The van der Waals surface area contributed by atoms with Gasteiger partial charge in [0.1, 0.15) is 12.4 Å². The minimum atomic E-state index is -0.169. The molecule has 1 aromatic heterocycles. The van der Waals surface area contributed by atoms with Gasteiger partial charge in [-0.05, 0) is 56.2 Å². The average molecular weight is 465 g/mol. The zero-order chi connectivity index (χ0) is 21.7. The summed E-state index contributed by atoms with van der Waals surface area (Å²) in [4.78, 5) is 12.3. The number of carbonyl (C=O) groups is 1. The van der Waals surface area contributed by atoms with Gasteiger partial charge in [0.05, 0.1) is 15.8 Å². The number of benzene rings is 2. The molecule has 6 nitrogen and oxygen atoms in total. The Morgan fingerprint density at radius 2 is 1.97 bits per heavy atom. The lowest BCUT2D eigenvalue weighted by Crippen LogP contribution is -2.15. The minimum Gasteiger partial charge on any atom is -0.485 e. The van der Waals surface area contributed by atoms with Crippen LogP contribution in [0, 0.1) is 13.8 Å². The molecule has 0 spiro atoms. The molecule has 1 amide bonds. The van der Waals surface area contributed by atoms with Gasteiger partial charge in [-0.2, -0.15) is 0 Å². The summed E-state index contributed by atoms with van der Waals surface area (Å²) in [5.74, 6) is 1.56. The van der Waals surface area contributed by atoms with E-state index in [0.717, 1.165) is 11.3 Å². The fraction of sp³-hybridized carbons (Fsp3) is 0.286. The van der Waals surface area contributed by atoms with Crippen molar-refractivity contribution in [1.29, 1.82) is 0 Å². The molecule has 0 atom stereocenters. The smallest absolute Gasteiger partial charge is 0.234 e. The van der Waals surface area contributed by atoms with Gasteiger partial charge in [-0.15, -0.1) is 10.2 Å². The summed E-state index contributed by atoms with van der Waals surface area (Å²) in [7, 11) is 0. The molecule has 3 rings (SSSR count). The predicted molar refractivity (Wildman–Crippen MR) is 122 cm³/mol. The van der Waals surface area contributed by atoms with Crippen LogP contribution in [0.5, 0.6) is 5.75 Å². The summed E-state index contributed by atoms with van der Waals surface area (Å²) in [5.41, 5.74) is 2.87. The third-order valence-corrected chi connectivity index (χ3v) is 6.26. The molecule has 0 aliphatic carbocycles. The molecule has 0 aliphatic rings. The van der Waals surface area contributed by atoms with Crippen LogP contribution in [-0.4, -0.2) is 26.4 Å². The Bertz CT molecular complexity index is 1060. The Hall–Kier alpha value is -2.22. The van der Waals surface area contributed by atoms with Crippen molar-refractivity contribution in [3.63, 3.8) is 0 Å². The van der Waals surface area contributed by atoms with E-state index in [1.165, 1.54) is 17.3 Å². The molecule has 30 heavy (non-hydrogen) atoms. The van der Waals surface area contributed by atoms with Crippen molar-refractivity contribution < 1.29 is 9.53 Å². The number of carbonyl (C=O) groups excluding carboxylic acids is 1. The lowest BCUT2D eigenvalue weighted by molar-refractivity contribution is -0.113. The monoisotopic (exact) mass is 464 g/mol. The number of nitrogens with one attached hydrogen (secondary N) is 1. The van der Waals surface area contributed by atoms with Crippen LogP contribution in [0.4, 0.5) is 5.69 Å². The molecule has 0 fully saturated rings. The first kappa shape index (κ1) is 22.5. The molecule has 0 saturated carbocycles. The molecule has 9 heteroatoms. The van der Waals surface area contributed by atoms with E-state index in [-0.39, 0.29) is 11.7 Å². The number of halogens is 2. The van der Waals surface area contributed by atoms with Crippen molar-refractivity contribution in [3.8, 4) is 5.75 Å². The first-order valence-electron chi connectivity index (χ1n) is 9.37. The second kappa shape index (κ2) is 10.2. The number of aryl methyl sites for hydroxylation is 1. The number of rotatable bonds is 8. The van der Waals surface area contributed by atoms with E-state index in [4.69, 9.17) is 27.9 Å². The van der Waals surface area contributed by atoms with Gasteiger partial charge in [-0.25, -0.2) is 0 Å². The van der Waals surface area contributed by atoms with Crippen LogP contribution in [0.2, 0.25) is 10.0 Å². The van der Waals surface area contributed by atoms with E-state index < -0.39 is 0 Å². The number of thioether (sulfide) groups is 1. The van der Waals surface area contributed by atoms with Crippen LogP contribution >= 0.6 is 35.0 Å². The van der Waals surface area contributed by atoms with E-state index in [9.17, 15) is 4.79 Å². The van der Waals surface area contributed by atoms with Crippen molar-refractivity contribution in [3.05, 3.63) is 63.4 Å². The second-order valence-electron chi connectivity index (χ2n) is 6.60. The van der Waals surface area contributed by atoms with Crippen LogP contribution in [-0.2, 0) is 17.9 Å².